The van der Waals surface area contributed by atoms with Crippen molar-refractivity contribution in [1.29, 1.82) is 0 Å². The summed E-state index contributed by atoms with van der Waals surface area (Å²) in [6.45, 7) is 0.809. The zero-order valence-electron chi connectivity index (χ0n) is 20.3. The molecule has 4 atom stereocenters. The number of carbonyl (C=O) groups excluding carboxylic acids is 1. The first kappa shape index (κ1) is 23.3. The first-order valence-corrected chi connectivity index (χ1v) is 13.4. The van der Waals surface area contributed by atoms with Crippen molar-refractivity contribution in [2.75, 3.05) is 20.3 Å². The van der Waals surface area contributed by atoms with Crippen LogP contribution >= 0.6 is 11.3 Å². The number of hydrogen-bond acceptors (Lipinski definition) is 6. The van der Waals surface area contributed by atoms with Gasteiger partial charge in [0.2, 0.25) is 0 Å². The molecule has 0 saturated carbocycles. The number of aromatic amines is 1. The predicted molar refractivity (Wildman–Crippen MR) is 142 cm³/mol. The number of nitrogens with two attached hydrogens (primary N) is 1. The zero-order valence-corrected chi connectivity index (χ0v) is 21.1. The van der Waals surface area contributed by atoms with Crippen LogP contribution in [-0.2, 0) is 0 Å². The molecule has 2 aromatic heterocycles. The monoisotopic (exact) mass is 505 g/mol. The summed E-state index contributed by atoms with van der Waals surface area (Å²) in [5.74, 6) is 1.63. The summed E-state index contributed by atoms with van der Waals surface area (Å²) in [5.41, 5.74) is 6.54. The highest BCUT2D eigenvalue weighted by atomic mass is 32.1. The van der Waals surface area contributed by atoms with E-state index < -0.39 is 12.0 Å². The molecule has 188 valence electrons. The van der Waals surface area contributed by atoms with E-state index in [0.717, 1.165) is 29.5 Å². The molecule has 4 heterocycles. The third-order valence-electron chi connectivity index (χ3n) is 7.79. The third kappa shape index (κ3) is 4.23. The molecular weight excluding hydrogens is 474 g/mol. The molecule has 2 bridgehead atoms. The molecule has 0 radical (unpaired) electrons. The van der Waals surface area contributed by atoms with E-state index in [1.54, 1.807) is 13.2 Å². The number of amides is 1. The summed E-state index contributed by atoms with van der Waals surface area (Å²) in [5, 5.41) is 12.9. The van der Waals surface area contributed by atoms with Crippen LogP contribution in [0.4, 0.5) is 0 Å². The number of ether oxygens (including phenoxy) is 2. The summed E-state index contributed by atoms with van der Waals surface area (Å²) in [7, 11) is 1.73. The van der Waals surface area contributed by atoms with E-state index >= 15 is 0 Å². The van der Waals surface area contributed by atoms with Gasteiger partial charge in [-0.2, -0.15) is 0 Å². The Morgan fingerprint density at radius 3 is 2.64 bits per heavy atom. The van der Waals surface area contributed by atoms with Crippen molar-refractivity contribution in [1.82, 2.24) is 9.88 Å². The first-order chi connectivity index (χ1) is 17.5. The summed E-state index contributed by atoms with van der Waals surface area (Å²) in [6.07, 6.45) is 4.02. The van der Waals surface area contributed by atoms with Gasteiger partial charge in [0.1, 0.15) is 29.9 Å². The molecule has 2 saturated heterocycles. The average molecular weight is 506 g/mol. The normalized spacial score (nSPS) is 22.8. The number of aliphatic hydroxyl groups is 1. The van der Waals surface area contributed by atoms with Crippen LogP contribution in [0.15, 0.2) is 48.5 Å². The van der Waals surface area contributed by atoms with Crippen molar-refractivity contribution in [2.24, 2.45) is 5.73 Å². The lowest BCUT2D eigenvalue weighted by Gasteiger charge is -2.39. The highest BCUT2D eigenvalue weighted by Gasteiger charge is 2.42. The van der Waals surface area contributed by atoms with Crippen molar-refractivity contribution >= 4 is 38.2 Å². The van der Waals surface area contributed by atoms with E-state index in [1.165, 1.54) is 27.8 Å². The number of carbonyl (C=O) groups is 1. The van der Waals surface area contributed by atoms with Crippen molar-refractivity contribution in [2.45, 2.75) is 49.8 Å². The van der Waals surface area contributed by atoms with Crippen LogP contribution < -0.4 is 15.2 Å². The van der Waals surface area contributed by atoms with Crippen LogP contribution in [0.25, 0.3) is 21.0 Å². The van der Waals surface area contributed by atoms with E-state index in [2.05, 4.69) is 28.1 Å². The molecular formula is C28H31N3O4S. The fourth-order valence-corrected chi connectivity index (χ4v) is 7.31. The molecule has 4 N–H and O–H groups in total. The molecule has 2 fully saturated rings. The number of piperidine rings is 1. The number of nitrogens with one attached hydrogen (secondary N) is 1. The molecule has 2 aliphatic rings. The zero-order chi connectivity index (χ0) is 24.8. The van der Waals surface area contributed by atoms with Crippen LogP contribution in [0.3, 0.4) is 0 Å². The molecule has 4 aromatic rings. The Morgan fingerprint density at radius 1 is 1.14 bits per heavy atom. The molecule has 0 spiro atoms. The second-order valence-electron chi connectivity index (χ2n) is 10.0. The van der Waals surface area contributed by atoms with Crippen molar-refractivity contribution < 1.29 is 19.4 Å². The highest BCUT2D eigenvalue weighted by molar-refractivity contribution is 7.19. The number of fused-ring (bicyclic) bond motifs is 4. The Labute approximate surface area is 213 Å². The standard InChI is InChI=1S/C28H31N3O4S/c1-34-24-5-3-7-26-21(24)13-27(36-26)16-10-17-8-9-18(11-16)31(17)14-19(32)15-35-25-6-2-4-22-20(25)12-23(30-22)28(29)33/h2-7,12-13,16-19,30,32H,8-11,14-15H2,1H3,(H2,29,33)/t16?,17-,18+,19-/m0/s1. The minimum Gasteiger partial charge on any atom is -0.496 e. The number of methoxy groups -OCH3 is 1. The second-order valence-corrected chi connectivity index (χ2v) is 11.1. The topological polar surface area (TPSA) is 101 Å². The van der Waals surface area contributed by atoms with Gasteiger partial charge < -0.3 is 25.3 Å². The van der Waals surface area contributed by atoms with Gasteiger partial charge in [-0.15, -0.1) is 11.3 Å². The maximum absolute atomic E-state index is 11.5. The van der Waals surface area contributed by atoms with Gasteiger partial charge in [0.05, 0.1) is 7.11 Å². The Kier molecular flexibility index (Phi) is 6.11. The molecule has 6 rings (SSSR count). The van der Waals surface area contributed by atoms with E-state index in [9.17, 15) is 9.90 Å². The Balaban J connectivity index is 1.10. The highest BCUT2D eigenvalue weighted by Crippen LogP contribution is 2.46. The number of H-pyrrole nitrogens is 1. The van der Waals surface area contributed by atoms with Gasteiger partial charge in [0.15, 0.2) is 0 Å². The van der Waals surface area contributed by atoms with E-state index in [0.29, 0.717) is 36.0 Å². The minimum atomic E-state index is -0.594. The van der Waals surface area contributed by atoms with Crippen LogP contribution in [-0.4, -0.2) is 59.3 Å². The third-order valence-corrected chi connectivity index (χ3v) is 9.05. The first-order valence-electron chi connectivity index (χ1n) is 12.5. The fraction of sp³-hybridized carbons (Fsp3) is 0.393. The minimum absolute atomic E-state index is 0.200. The van der Waals surface area contributed by atoms with Gasteiger partial charge in [-0.25, -0.2) is 0 Å². The molecule has 36 heavy (non-hydrogen) atoms. The number of primary amides is 1. The van der Waals surface area contributed by atoms with Gasteiger partial charge in [0.25, 0.3) is 5.91 Å². The molecule has 8 heteroatoms. The fourth-order valence-electron chi connectivity index (χ4n) is 6.11. The number of hydrogen-bond donors (Lipinski definition) is 3. The molecule has 1 unspecified atom stereocenters. The number of aromatic nitrogens is 1. The summed E-state index contributed by atoms with van der Waals surface area (Å²) < 4.78 is 12.8. The Hall–Kier alpha value is -3.07. The van der Waals surface area contributed by atoms with Gasteiger partial charge >= 0.3 is 0 Å². The Bertz CT molecular complexity index is 1400. The van der Waals surface area contributed by atoms with Crippen molar-refractivity contribution in [3.8, 4) is 11.5 Å². The van der Waals surface area contributed by atoms with E-state index in [1.807, 2.05) is 35.6 Å². The van der Waals surface area contributed by atoms with Crippen LogP contribution in [0.2, 0.25) is 0 Å². The van der Waals surface area contributed by atoms with Gasteiger partial charge in [-0.05, 0) is 68.0 Å². The van der Waals surface area contributed by atoms with Crippen LogP contribution in [0.1, 0.15) is 47.0 Å². The number of aliphatic hydroxyl groups excluding tert-OH is 1. The van der Waals surface area contributed by atoms with Crippen molar-refractivity contribution in [3.63, 3.8) is 0 Å². The lowest BCUT2D eigenvalue weighted by molar-refractivity contribution is 0.0323. The number of benzene rings is 2. The summed E-state index contributed by atoms with van der Waals surface area (Å²) >= 11 is 1.89. The number of nitrogens with zero attached hydrogens (tertiary/aromatic N) is 1. The SMILES string of the molecule is COc1cccc2sc(C3C[C@H]4CC[C@@H](C3)N4C[C@H](O)COc3cccc4[nH]c(C(N)=O)cc34)cc12. The van der Waals surface area contributed by atoms with Gasteiger partial charge in [0, 0.05) is 44.5 Å². The van der Waals surface area contributed by atoms with Crippen LogP contribution in [0.5, 0.6) is 11.5 Å². The largest absolute Gasteiger partial charge is 0.496 e. The van der Waals surface area contributed by atoms with E-state index in [-0.39, 0.29) is 6.61 Å². The maximum Gasteiger partial charge on any atom is 0.265 e. The van der Waals surface area contributed by atoms with Gasteiger partial charge in [-0.1, -0.05) is 12.1 Å². The van der Waals surface area contributed by atoms with Crippen LogP contribution in [0, 0.1) is 0 Å². The second kappa shape index (κ2) is 9.42. The molecule has 7 nitrogen and oxygen atoms in total. The lowest BCUT2D eigenvalue weighted by atomic mass is 9.89. The molecule has 1 amide bonds. The molecule has 2 aromatic carbocycles. The lowest BCUT2D eigenvalue weighted by Crippen LogP contribution is -2.47. The van der Waals surface area contributed by atoms with E-state index in [4.69, 9.17) is 15.2 Å². The molecule has 2 aliphatic heterocycles. The average Bonchev–Trinajstić information content (AvgIpc) is 3.56. The maximum atomic E-state index is 11.5. The smallest absolute Gasteiger partial charge is 0.265 e. The van der Waals surface area contributed by atoms with Crippen molar-refractivity contribution in [3.05, 3.63) is 59.1 Å². The predicted octanol–water partition coefficient (Wildman–Crippen LogP) is 4.64. The number of rotatable bonds is 8. The number of thiophene rings is 1. The summed E-state index contributed by atoms with van der Waals surface area (Å²) in [4.78, 5) is 18.5. The summed E-state index contributed by atoms with van der Waals surface area (Å²) in [6, 6.07) is 16.9. The van der Waals surface area contributed by atoms with Gasteiger partial charge in [-0.3, -0.25) is 9.69 Å². The Morgan fingerprint density at radius 2 is 1.89 bits per heavy atom. The molecule has 0 aliphatic carbocycles. The quantitative estimate of drug-likeness (QED) is 0.324.